The summed E-state index contributed by atoms with van der Waals surface area (Å²) >= 11 is 0. The first-order chi connectivity index (χ1) is 9.91. The van der Waals surface area contributed by atoms with Crippen molar-refractivity contribution >= 4 is 10.1 Å². The Morgan fingerprint density at radius 3 is 2.29 bits per heavy atom. The maximum atomic E-state index is 10.7. The Morgan fingerprint density at radius 1 is 1.14 bits per heavy atom. The number of rotatable bonds is 7. The summed E-state index contributed by atoms with van der Waals surface area (Å²) in [6.45, 7) is 7.22. The molecule has 0 fully saturated rings. The molecule has 0 bridgehead atoms. The van der Waals surface area contributed by atoms with E-state index >= 15 is 0 Å². The van der Waals surface area contributed by atoms with E-state index < -0.39 is 10.1 Å². The summed E-state index contributed by atoms with van der Waals surface area (Å²) in [6.07, 6.45) is 0.389. The van der Waals surface area contributed by atoms with Crippen molar-refractivity contribution in [1.82, 2.24) is 0 Å². The lowest BCUT2D eigenvalue weighted by Gasteiger charge is -2.35. The van der Waals surface area contributed by atoms with Crippen LogP contribution in [-0.2, 0) is 10.1 Å². The molecule has 0 radical (unpaired) electrons. The van der Waals surface area contributed by atoms with Crippen molar-refractivity contribution in [2.24, 2.45) is 0 Å². The van der Waals surface area contributed by atoms with Gasteiger partial charge in [0.2, 0.25) is 0 Å². The maximum absolute atomic E-state index is 10.7. The molecular formula is C16H23NO3S. The van der Waals surface area contributed by atoms with Crippen LogP contribution in [-0.4, -0.2) is 49.4 Å². The summed E-state index contributed by atoms with van der Waals surface area (Å²) < 4.78 is 32.8. The fourth-order valence-electron chi connectivity index (χ4n) is 2.25. The molecule has 116 valence electrons. The second-order valence-corrected chi connectivity index (χ2v) is 6.66. The molecule has 0 aliphatic carbocycles. The van der Waals surface area contributed by atoms with Gasteiger partial charge in [-0.05, 0) is 31.9 Å². The molecule has 0 aliphatic rings. The molecule has 0 spiro atoms. The molecule has 21 heavy (non-hydrogen) atoms. The van der Waals surface area contributed by atoms with Gasteiger partial charge in [0, 0.05) is 17.7 Å². The van der Waals surface area contributed by atoms with Crippen molar-refractivity contribution in [2.45, 2.75) is 20.3 Å². The Hall–Kier alpha value is -1.35. The minimum absolute atomic E-state index is 0.293. The van der Waals surface area contributed by atoms with Crippen molar-refractivity contribution in [1.29, 1.82) is 0 Å². The van der Waals surface area contributed by atoms with Gasteiger partial charge in [0.1, 0.15) is 6.54 Å². The molecule has 0 aliphatic heterocycles. The third-order valence-corrected chi connectivity index (χ3v) is 4.58. The Kier molecular flexibility index (Phi) is 6.90. The van der Waals surface area contributed by atoms with Gasteiger partial charge in [0.15, 0.2) is 0 Å². The normalized spacial score (nSPS) is 11.8. The fourth-order valence-corrected chi connectivity index (χ4v) is 2.73. The second-order valence-electron chi connectivity index (χ2n) is 5.14. The molecule has 0 saturated heterocycles. The van der Waals surface area contributed by atoms with E-state index in [0.717, 1.165) is 23.1 Å². The quantitative estimate of drug-likeness (QED) is 0.439. The van der Waals surface area contributed by atoms with Gasteiger partial charge in [-0.3, -0.25) is 0 Å². The Bertz CT molecular complexity index is 581. The first kappa shape index (κ1) is 17.7. The van der Waals surface area contributed by atoms with Crippen LogP contribution in [0.15, 0.2) is 30.3 Å². The molecule has 0 N–H and O–H groups in total. The predicted octanol–water partition coefficient (Wildman–Crippen LogP) is 1.83. The highest BCUT2D eigenvalue weighted by molar-refractivity contribution is 7.85. The molecule has 0 saturated carbocycles. The van der Waals surface area contributed by atoms with Crippen molar-refractivity contribution in [3.63, 3.8) is 0 Å². The van der Waals surface area contributed by atoms with Crippen molar-refractivity contribution in [3.05, 3.63) is 35.9 Å². The summed E-state index contributed by atoms with van der Waals surface area (Å²) in [7, 11) is -4.12. The van der Waals surface area contributed by atoms with Crippen LogP contribution in [0.25, 0.3) is 0 Å². The lowest BCUT2D eigenvalue weighted by Crippen LogP contribution is -2.49. The van der Waals surface area contributed by atoms with Crippen LogP contribution in [0.5, 0.6) is 0 Å². The highest BCUT2D eigenvalue weighted by atomic mass is 32.2. The zero-order valence-electron chi connectivity index (χ0n) is 12.7. The summed E-state index contributed by atoms with van der Waals surface area (Å²) in [5.74, 6) is 6.02. The largest absolute Gasteiger partial charge is 0.748 e. The van der Waals surface area contributed by atoms with Crippen LogP contribution in [0, 0.1) is 11.8 Å². The summed E-state index contributed by atoms with van der Waals surface area (Å²) in [6, 6.07) is 9.77. The van der Waals surface area contributed by atoms with Crippen LogP contribution in [0.2, 0.25) is 0 Å². The first-order valence-corrected chi connectivity index (χ1v) is 8.81. The first-order valence-electron chi connectivity index (χ1n) is 7.23. The molecule has 0 aromatic heterocycles. The zero-order valence-corrected chi connectivity index (χ0v) is 13.5. The standard InChI is InChI=1S/C16H23NO3S/c1-3-17(4-2,14-9-15-21(18,19)20)13-8-12-16-10-6-5-7-11-16/h5-7,10-11H,3-4,9,13-15H2,1-2H3. The van der Waals surface area contributed by atoms with Gasteiger partial charge in [-0.2, -0.15) is 0 Å². The number of hydrogen-bond donors (Lipinski definition) is 0. The maximum Gasteiger partial charge on any atom is 0.141 e. The monoisotopic (exact) mass is 309 g/mol. The smallest absolute Gasteiger partial charge is 0.141 e. The van der Waals surface area contributed by atoms with Gasteiger partial charge in [-0.15, -0.1) is 0 Å². The molecule has 0 heterocycles. The minimum atomic E-state index is -4.12. The van der Waals surface area contributed by atoms with Gasteiger partial charge in [-0.1, -0.05) is 24.1 Å². The minimum Gasteiger partial charge on any atom is -0.748 e. The average molecular weight is 309 g/mol. The van der Waals surface area contributed by atoms with Crippen LogP contribution < -0.4 is 0 Å². The Morgan fingerprint density at radius 2 is 1.76 bits per heavy atom. The van der Waals surface area contributed by atoms with Crippen LogP contribution in [0.1, 0.15) is 25.8 Å². The summed E-state index contributed by atoms with van der Waals surface area (Å²) in [4.78, 5) is 0. The molecule has 0 amide bonds. The number of hydrogen-bond acceptors (Lipinski definition) is 3. The van der Waals surface area contributed by atoms with Gasteiger partial charge < -0.3 is 9.04 Å². The molecule has 0 atom stereocenters. The third-order valence-electron chi connectivity index (χ3n) is 3.79. The van der Waals surface area contributed by atoms with Gasteiger partial charge in [0.25, 0.3) is 0 Å². The molecule has 4 nitrogen and oxygen atoms in total. The van der Waals surface area contributed by atoms with Gasteiger partial charge >= 0.3 is 0 Å². The molecule has 1 aromatic rings. The van der Waals surface area contributed by atoms with E-state index in [0.29, 0.717) is 19.5 Å². The number of quaternary nitrogens is 1. The van der Waals surface area contributed by atoms with E-state index in [-0.39, 0.29) is 5.75 Å². The predicted molar refractivity (Wildman–Crippen MR) is 83.6 cm³/mol. The molecular weight excluding hydrogens is 286 g/mol. The lowest BCUT2D eigenvalue weighted by atomic mass is 10.2. The molecule has 1 rings (SSSR count). The molecule has 0 unspecified atom stereocenters. The van der Waals surface area contributed by atoms with E-state index in [9.17, 15) is 13.0 Å². The highest BCUT2D eigenvalue weighted by Crippen LogP contribution is 2.08. The van der Waals surface area contributed by atoms with Crippen LogP contribution in [0.4, 0.5) is 0 Å². The van der Waals surface area contributed by atoms with Crippen molar-refractivity contribution < 1.29 is 17.5 Å². The topological polar surface area (TPSA) is 57.2 Å². The second kappa shape index (κ2) is 8.18. The highest BCUT2D eigenvalue weighted by Gasteiger charge is 2.21. The number of benzene rings is 1. The van der Waals surface area contributed by atoms with Crippen molar-refractivity contribution in [3.8, 4) is 11.8 Å². The lowest BCUT2D eigenvalue weighted by molar-refractivity contribution is -0.918. The van der Waals surface area contributed by atoms with E-state index in [2.05, 4.69) is 25.7 Å². The fraction of sp³-hybridized carbons (Fsp3) is 0.500. The van der Waals surface area contributed by atoms with Crippen LogP contribution in [0.3, 0.4) is 0 Å². The summed E-state index contributed by atoms with van der Waals surface area (Å²) in [5, 5.41) is 0. The van der Waals surface area contributed by atoms with Gasteiger partial charge in [0.05, 0.1) is 29.8 Å². The van der Waals surface area contributed by atoms with Gasteiger partial charge in [-0.25, -0.2) is 8.42 Å². The third kappa shape index (κ3) is 6.76. The Balaban J connectivity index is 2.66. The van der Waals surface area contributed by atoms with E-state index in [1.165, 1.54) is 0 Å². The SMILES string of the molecule is CC[N+](CC)(CC#Cc1ccccc1)CCCS(=O)(=O)[O-]. The van der Waals surface area contributed by atoms with E-state index in [1.807, 2.05) is 30.3 Å². The summed E-state index contributed by atoms with van der Waals surface area (Å²) in [5.41, 5.74) is 0.977. The van der Waals surface area contributed by atoms with E-state index in [4.69, 9.17) is 0 Å². The van der Waals surface area contributed by atoms with Crippen LogP contribution >= 0.6 is 0 Å². The molecule has 5 heteroatoms. The van der Waals surface area contributed by atoms with E-state index in [1.54, 1.807) is 0 Å². The average Bonchev–Trinajstić information content (AvgIpc) is 2.45. The zero-order chi connectivity index (χ0) is 15.8. The number of nitrogens with zero attached hydrogens (tertiary/aromatic N) is 1. The van der Waals surface area contributed by atoms with Crippen molar-refractivity contribution in [2.75, 3.05) is 31.9 Å². The molecule has 1 aromatic carbocycles. The Labute approximate surface area is 128 Å².